The van der Waals surface area contributed by atoms with Crippen molar-refractivity contribution in [3.8, 4) is 0 Å². The van der Waals surface area contributed by atoms with Gasteiger partial charge in [-0.15, -0.1) is 0 Å². The summed E-state index contributed by atoms with van der Waals surface area (Å²) in [5.74, 6) is -0.0352. The van der Waals surface area contributed by atoms with Crippen LogP contribution in [0.4, 0.5) is 0 Å². The van der Waals surface area contributed by atoms with E-state index in [1.807, 2.05) is 0 Å². The standard InChI is InChI=1S/C40H79NO3/c1-3-5-7-9-11-13-15-17-19-20-22-23-25-27-29-31-33-35-39(43)38(37-42)41-40(44)36-34-32-30-28-26-24-21-18-16-14-12-10-8-6-4-2/h14,16,38-39,42-43H,3-13,15,17-37H2,1-2H3,(H,41,44)/b16-14-. The van der Waals surface area contributed by atoms with Gasteiger partial charge in [0.25, 0.3) is 0 Å². The van der Waals surface area contributed by atoms with Crippen LogP contribution in [-0.4, -0.2) is 34.9 Å². The van der Waals surface area contributed by atoms with Crippen molar-refractivity contribution >= 4 is 5.91 Å². The summed E-state index contributed by atoms with van der Waals surface area (Å²) >= 11 is 0. The smallest absolute Gasteiger partial charge is 0.220 e. The highest BCUT2D eigenvalue weighted by Gasteiger charge is 2.19. The van der Waals surface area contributed by atoms with Crippen molar-refractivity contribution in [3.05, 3.63) is 12.2 Å². The minimum atomic E-state index is -0.656. The predicted octanol–water partition coefficient (Wildman–Crippen LogP) is 11.9. The molecule has 0 saturated heterocycles. The molecule has 4 nitrogen and oxygen atoms in total. The van der Waals surface area contributed by atoms with Gasteiger partial charge < -0.3 is 15.5 Å². The molecule has 44 heavy (non-hydrogen) atoms. The SMILES string of the molecule is CCCCCC/C=C\CCCCCCCCCC(=O)NC(CO)C(O)CCCCCCCCCCCCCCCCCCC. The Hall–Kier alpha value is -0.870. The molecular weight excluding hydrogens is 542 g/mol. The van der Waals surface area contributed by atoms with Crippen molar-refractivity contribution in [1.29, 1.82) is 0 Å². The number of amides is 1. The Morgan fingerprint density at radius 1 is 0.523 bits per heavy atom. The van der Waals surface area contributed by atoms with Crippen molar-refractivity contribution in [2.45, 2.75) is 231 Å². The summed E-state index contributed by atoms with van der Waals surface area (Å²) in [5.41, 5.74) is 0. The Morgan fingerprint density at radius 3 is 1.27 bits per heavy atom. The summed E-state index contributed by atoms with van der Waals surface area (Å²) in [7, 11) is 0. The zero-order valence-electron chi connectivity index (χ0n) is 29.9. The van der Waals surface area contributed by atoms with Gasteiger partial charge >= 0.3 is 0 Å². The van der Waals surface area contributed by atoms with E-state index in [-0.39, 0.29) is 12.5 Å². The van der Waals surface area contributed by atoms with Crippen LogP contribution in [0.2, 0.25) is 0 Å². The van der Waals surface area contributed by atoms with Crippen molar-refractivity contribution in [1.82, 2.24) is 5.32 Å². The molecule has 0 fully saturated rings. The molecule has 0 radical (unpaired) electrons. The summed E-state index contributed by atoms with van der Waals surface area (Å²) in [6.45, 7) is 4.35. The van der Waals surface area contributed by atoms with E-state index in [1.165, 1.54) is 167 Å². The van der Waals surface area contributed by atoms with Crippen LogP contribution >= 0.6 is 0 Å². The Morgan fingerprint density at radius 2 is 0.864 bits per heavy atom. The highest BCUT2D eigenvalue weighted by Crippen LogP contribution is 2.16. The van der Waals surface area contributed by atoms with E-state index >= 15 is 0 Å². The molecule has 0 aromatic carbocycles. The van der Waals surface area contributed by atoms with E-state index < -0.39 is 12.1 Å². The monoisotopic (exact) mass is 622 g/mol. The highest BCUT2D eigenvalue weighted by molar-refractivity contribution is 5.76. The molecule has 0 aliphatic rings. The number of allylic oxidation sites excluding steroid dienone is 2. The van der Waals surface area contributed by atoms with Gasteiger partial charge in [0.15, 0.2) is 0 Å². The number of aliphatic hydroxyl groups is 2. The normalized spacial score (nSPS) is 13.1. The van der Waals surface area contributed by atoms with Gasteiger partial charge in [-0.3, -0.25) is 4.79 Å². The maximum atomic E-state index is 12.3. The third-order valence-corrected chi connectivity index (χ3v) is 9.28. The summed E-state index contributed by atoms with van der Waals surface area (Å²) in [5, 5.41) is 23.1. The first-order valence-electron chi connectivity index (χ1n) is 19.9. The van der Waals surface area contributed by atoms with Gasteiger partial charge in [-0.1, -0.05) is 187 Å². The number of nitrogens with one attached hydrogen (secondary N) is 1. The average Bonchev–Trinajstić information content (AvgIpc) is 3.03. The summed E-state index contributed by atoms with van der Waals surface area (Å²) in [6.07, 6.45) is 44.1. The lowest BCUT2D eigenvalue weighted by Crippen LogP contribution is -2.45. The van der Waals surface area contributed by atoms with Gasteiger partial charge in [-0.25, -0.2) is 0 Å². The first kappa shape index (κ1) is 43.1. The Bertz CT molecular complexity index is 593. The average molecular weight is 622 g/mol. The second-order valence-corrected chi connectivity index (χ2v) is 13.7. The van der Waals surface area contributed by atoms with Crippen molar-refractivity contribution in [2.75, 3.05) is 6.61 Å². The van der Waals surface area contributed by atoms with Gasteiger partial charge in [0.05, 0.1) is 18.8 Å². The third-order valence-electron chi connectivity index (χ3n) is 9.28. The van der Waals surface area contributed by atoms with E-state index in [4.69, 9.17) is 0 Å². The van der Waals surface area contributed by atoms with E-state index in [0.717, 1.165) is 25.7 Å². The zero-order chi connectivity index (χ0) is 32.2. The maximum absolute atomic E-state index is 12.3. The fraction of sp³-hybridized carbons (Fsp3) is 0.925. The van der Waals surface area contributed by atoms with Crippen LogP contribution in [0.3, 0.4) is 0 Å². The fourth-order valence-electron chi connectivity index (χ4n) is 6.18. The second kappa shape index (κ2) is 36.6. The minimum absolute atomic E-state index is 0.0352. The Kier molecular flexibility index (Phi) is 35.9. The van der Waals surface area contributed by atoms with Crippen LogP contribution in [-0.2, 0) is 4.79 Å². The lowest BCUT2D eigenvalue weighted by atomic mass is 10.0. The zero-order valence-corrected chi connectivity index (χ0v) is 29.9. The van der Waals surface area contributed by atoms with Gasteiger partial charge in [-0.05, 0) is 38.5 Å². The van der Waals surface area contributed by atoms with Crippen LogP contribution in [0.5, 0.6) is 0 Å². The number of hydrogen-bond donors (Lipinski definition) is 3. The van der Waals surface area contributed by atoms with E-state index in [9.17, 15) is 15.0 Å². The number of aliphatic hydroxyl groups excluding tert-OH is 2. The lowest BCUT2D eigenvalue weighted by Gasteiger charge is -2.22. The molecule has 1 amide bonds. The minimum Gasteiger partial charge on any atom is -0.394 e. The number of carbonyl (C=O) groups is 1. The van der Waals surface area contributed by atoms with Crippen molar-refractivity contribution < 1.29 is 15.0 Å². The van der Waals surface area contributed by atoms with E-state index in [1.54, 1.807) is 0 Å². The van der Waals surface area contributed by atoms with Crippen molar-refractivity contribution in [3.63, 3.8) is 0 Å². The van der Waals surface area contributed by atoms with Gasteiger partial charge in [0, 0.05) is 6.42 Å². The van der Waals surface area contributed by atoms with Crippen LogP contribution in [0.25, 0.3) is 0 Å². The molecule has 2 atom stereocenters. The van der Waals surface area contributed by atoms with Gasteiger partial charge in [-0.2, -0.15) is 0 Å². The molecule has 0 aromatic rings. The van der Waals surface area contributed by atoms with E-state index in [2.05, 4.69) is 31.3 Å². The fourth-order valence-corrected chi connectivity index (χ4v) is 6.18. The molecule has 0 rings (SSSR count). The molecule has 0 heterocycles. The molecule has 0 spiro atoms. The number of carbonyl (C=O) groups excluding carboxylic acids is 1. The first-order chi connectivity index (χ1) is 21.7. The summed E-state index contributed by atoms with van der Waals surface area (Å²) in [4.78, 5) is 12.3. The highest BCUT2D eigenvalue weighted by atomic mass is 16.3. The maximum Gasteiger partial charge on any atom is 0.220 e. The molecule has 262 valence electrons. The molecule has 0 bridgehead atoms. The van der Waals surface area contributed by atoms with Gasteiger partial charge in [0.2, 0.25) is 5.91 Å². The Labute approximate surface area is 276 Å². The molecule has 2 unspecified atom stereocenters. The molecule has 3 N–H and O–H groups in total. The first-order valence-corrected chi connectivity index (χ1v) is 19.9. The number of rotatable bonds is 36. The molecular formula is C40H79NO3. The quantitative estimate of drug-likeness (QED) is 0.0481. The summed E-state index contributed by atoms with van der Waals surface area (Å²) in [6, 6.07) is -0.533. The Balaban J connectivity index is 3.53. The molecule has 0 aromatic heterocycles. The lowest BCUT2D eigenvalue weighted by molar-refractivity contribution is -0.123. The van der Waals surface area contributed by atoms with E-state index in [0.29, 0.717) is 12.8 Å². The molecule has 4 heteroatoms. The van der Waals surface area contributed by atoms with Crippen LogP contribution in [0, 0.1) is 0 Å². The molecule has 0 saturated carbocycles. The third kappa shape index (κ3) is 32.5. The van der Waals surface area contributed by atoms with Crippen molar-refractivity contribution in [2.24, 2.45) is 0 Å². The second-order valence-electron chi connectivity index (χ2n) is 13.7. The van der Waals surface area contributed by atoms with Crippen LogP contribution < -0.4 is 5.32 Å². The largest absolute Gasteiger partial charge is 0.394 e. The number of hydrogen-bond acceptors (Lipinski definition) is 3. The number of unbranched alkanes of at least 4 members (excludes halogenated alkanes) is 27. The van der Waals surface area contributed by atoms with Crippen LogP contribution in [0.1, 0.15) is 219 Å². The molecule has 0 aliphatic heterocycles. The summed E-state index contributed by atoms with van der Waals surface area (Å²) < 4.78 is 0. The van der Waals surface area contributed by atoms with Crippen LogP contribution in [0.15, 0.2) is 12.2 Å². The topological polar surface area (TPSA) is 69.6 Å². The predicted molar refractivity (Wildman–Crippen MR) is 193 cm³/mol. The van der Waals surface area contributed by atoms with Gasteiger partial charge in [0.1, 0.15) is 0 Å². The molecule has 0 aliphatic carbocycles.